The number of hydrogen-bond acceptors (Lipinski definition) is 6. The Morgan fingerprint density at radius 3 is 2.49 bits per heavy atom. The summed E-state index contributed by atoms with van der Waals surface area (Å²) in [6.45, 7) is 7.20. The summed E-state index contributed by atoms with van der Waals surface area (Å²) >= 11 is 6.07. The largest absolute Gasteiger partial charge is 0.391 e. The molecule has 2 aliphatic rings. The summed E-state index contributed by atoms with van der Waals surface area (Å²) in [5.41, 5.74) is 1.51. The van der Waals surface area contributed by atoms with Crippen molar-refractivity contribution in [3.8, 4) is 0 Å². The number of aromatic nitrogens is 3. The highest BCUT2D eigenvalue weighted by Gasteiger charge is 2.45. The van der Waals surface area contributed by atoms with Gasteiger partial charge in [0.1, 0.15) is 12.1 Å². The Bertz CT molecular complexity index is 1090. The van der Waals surface area contributed by atoms with Crippen molar-refractivity contribution in [3.63, 3.8) is 0 Å². The molecule has 9 nitrogen and oxygen atoms in total. The number of likely N-dealkylation sites (tertiary alicyclic amines) is 1. The Kier molecular flexibility index (Phi) is 8.26. The lowest BCUT2D eigenvalue weighted by atomic mass is 9.85. The van der Waals surface area contributed by atoms with Gasteiger partial charge in [0.2, 0.25) is 11.8 Å². The van der Waals surface area contributed by atoms with Crippen LogP contribution < -0.4 is 5.32 Å². The smallest absolute Gasteiger partial charge is 0.248 e. The molecule has 0 spiro atoms. The van der Waals surface area contributed by atoms with Gasteiger partial charge in [0.15, 0.2) is 0 Å². The van der Waals surface area contributed by atoms with Gasteiger partial charge < -0.3 is 20.2 Å². The van der Waals surface area contributed by atoms with Crippen LogP contribution in [0.4, 0.5) is 0 Å². The minimum absolute atomic E-state index is 0.0463. The van der Waals surface area contributed by atoms with Crippen molar-refractivity contribution in [2.45, 2.75) is 70.1 Å². The number of halogens is 1. The van der Waals surface area contributed by atoms with E-state index in [1.165, 1.54) is 4.90 Å². The van der Waals surface area contributed by atoms with Crippen LogP contribution in [0.5, 0.6) is 0 Å². The van der Waals surface area contributed by atoms with Gasteiger partial charge in [0.05, 0.1) is 11.8 Å². The lowest BCUT2D eigenvalue weighted by Gasteiger charge is -2.34. The van der Waals surface area contributed by atoms with Crippen LogP contribution in [0, 0.1) is 5.41 Å². The number of carbonyl (C=O) groups excluding carboxylic acids is 2. The van der Waals surface area contributed by atoms with Crippen molar-refractivity contribution in [2.75, 3.05) is 33.7 Å². The molecule has 1 saturated carbocycles. The van der Waals surface area contributed by atoms with E-state index >= 15 is 0 Å². The summed E-state index contributed by atoms with van der Waals surface area (Å²) in [6.07, 6.45) is 3.51. The second-order valence-corrected chi connectivity index (χ2v) is 12.3. The molecular weight excluding hydrogens is 492 g/mol. The van der Waals surface area contributed by atoms with E-state index in [2.05, 4.69) is 20.5 Å². The van der Waals surface area contributed by atoms with E-state index in [4.69, 9.17) is 11.6 Å². The topological polar surface area (TPSA) is 104 Å². The number of β-amino-alcohol motifs (C(OH)–C–C–N with tert-alkyl or cyclic N) is 1. The van der Waals surface area contributed by atoms with Gasteiger partial charge in [-0.05, 0) is 50.0 Å². The first kappa shape index (κ1) is 27.5. The van der Waals surface area contributed by atoms with Gasteiger partial charge in [0.25, 0.3) is 0 Å². The van der Waals surface area contributed by atoms with Gasteiger partial charge in [-0.25, -0.2) is 4.68 Å². The fourth-order valence-corrected chi connectivity index (χ4v) is 5.26. The SMILES string of the molecule is CN(C)CC(CNC(=O)[C@@H]1C[C@@H](O)CN1C(=O)[C@@H](n1cc(C2CC2)nn1)C(C)(C)C)c1ccc(Cl)cc1. The number of rotatable bonds is 9. The Labute approximate surface area is 224 Å². The van der Waals surface area contributed by atoms with Crippen molar-refractivity contribution in [1.29, 1.82) is 0 Å². The van der Waals surface area contributed by atoms with Crippen LogP contribution in [0.1, 0.15) is 69.2 Å². The van der Waals surface area contributed by atoms with Gasteiger partial charge in [-0.3, -0.25) is 9.59 Å². The van der Waals surface area contributed by atoms with E-state index in [9.17, 15) is 14.7 Å². The third-order valence-corrected chi connectivity index (χ3v) is 7.41. The summed E-state index contributed by atoms with van der Waals surface area (Å²) in [5, 5.41) is 22.8. The first-order valence-electron chi connectivity index (χ1n) is 13.0. The number of aliphatic hydroxyl groups is 1. The average Bonchev–Trinajstić information content (AvgIpc) is 3.43. The minimum atomic E-state index is -0.757. The van der Waals surface area contributed by atoms with E-state index in [1.807, 2.05) is 65.3 Å². The van der Waals surface area contributed by atoms with E-state index in [1.54, 1.807) is 4.68 Å². The highest BCUT2D eigenvalue weighted by molar-refractivity contribution is 6.30. The number of hydrogen-bond donors (Lipinski definition) is 2. The summed E-state index contributed by atoms with van der Waals surface area (Å²) in [5.74, 6) is -0.0103. The number of nitrogens with zero attached hydrogens (tertiary/aromatic N) is 5. The van der Waals surface area contributed by atoms with Gasteiger partial charge >= 0.3 is 0 Å². The zero-order valence-electron chi connectivity index (χ0n) is 22.4. The van der Waals surface area contributed by atoms with Crippen molar-refractivity contribution in [1.82, 2.24) is 30.1 Å². The fourth-order valence-electron chi connectivity index (χ4n) is 5.13. The predicted molar refractivity (Wildman–Crippen MR) is 142 cm³/mol. The van der Waals surface area contributed by atoms with E-state index in [0.29, 0.717) is 17.5 Å². The Morgan fingerprint density at radius 1 is 1.22 bits per heavy atom. The normalized spacial score (nSPS) is 21.8. The summed E-state index contributed by atoms with van der Waals surface area (Å²) in [7, 11) is 3.98. The molecule has 1 aliphatic heterocycles. The third kappa shape index (κ3) is 6.69. The number of likely N-dealkylation sites (N-methyl/N-ethyl adjacent to an activating group) is 1. The number of nitrogens with one attached hydrogen (secondary N) is 1. The van der Waals surface area contributed by atoms with Crippen molar-refractivity contribution < 1.29 is 14.7 Å². The summed E-state index contributed by atoms with van der Waals surface area (Å²) in [4.78, 5) is 30.9. The molecule has 1 unspecified atom stereocenters. The minimum Gasteiger partial charge on any atom is -0.391 e. The van der Waals surface area contributed by atoms with Crippen LogP contribution in [0.2, 0.25) is 5.02 Å². The molecular formula is C27H39ClN6O3. The molecule has 37 heavy (non-hydrogen) atoms. The van der Waals surface area contributed by atoms with Crippen molar-refractivity contribution >= 4 is 23.4 Å². The molecule has 0 radical (unpaired) electrons. The predicted octanol–water partition coefficient (Wildman–Crippen LogP) is 2.82. The van der Waals surface area contributed by atoms with Crippen LogP contribution in [0.15, 0.2) is 30.5 Å². The zero-order valence-corrected chi connectivity index (χ0v) is 23.1. The fraction of sp³-hybridized carbons (Fsp3) is 0.630. The average molecular weight is 531 g/mol. The molecule has 2 N–H and O–H groups in total. The van der Waals surface area contributed by atoms with Gasteiger partial charge in [0, 0.05) is 49.1 Å². The molecule has 2 fully saturated rings. The lowest BCUT2D eigenvalue weighted by molar-refractivity contribution is -0.144. The zero-order chi connectivity index (χ0) is 26.9. The second kappa shape index (κ2) is 11.1. The number of amides is 2. The number of aliphatic hydroxyl groups excluding tert-OH is 1. The monoisotopic (exact) mass is 530 g/mol. The highest BCUT2D eigenvalue weighted by Crippen LogP contribution is 2.40. The molecule has 2 aromatic rings. The number of carbonyl (C=O) groups is 2. The first-order chi connectivity index (χ1) is 17.4. The van der Waals surface area contributed by atoms with Crippen LogP contribution in [-0.4, -0.2) is 87.6 Å². The Morgan fingerprint density at radius 2 is 1.89 bits per heavy atom. The van der Waals surface area contributed by atoms with Gasteiger partial charge in [-0.2, -0.15) is 0 Å². The molecule has 10 heteroatoms. The maximum Gasteiger partial charge on any atom is 0.248 e. The van der Waals surface area contributed by atoms with Crippen molar-refractivity contribution in [2.24, 2.45) is 5.41 Å². The maximum absolute atomic E-state index is 13.9. The summed E-state index contributed by atoms with van der Waals surface area (Å²) in [6, 6.07) is 6.26. The van der Waals surface area contributed by atoms with Gasteiger partial charge in [-0.1, -0.05) is 49.7 Å². The molecule has 202 valence electrons. The second-order valence-electron chi connectivity index (χ2n) is 11.8. The Hall–Kier alpha value is -2.49. The maximum atomic E-state index is 13.9. The molecule has 1 aliphatic carbocycles. The third-order valence-electron chi connectivity index (χ3n) is 7.16. The molecule has 1 aromatic heterocycles. The van der Waals surface area contributed by atoms with E-state index in [0.717, 1.165) is 30.6 Å². The van der Waals surface area contributed by atoms with E-state index in [-0.39, 0.29) is 30.7 Å². The first-order valence-corrected chi connectivity index (χ1v) is 13.4. The quantitative estimate of drug-likeness (QED) is 0.516. The summed E-state index contributed by atoms with van der Waals surface area (Å²) < 4.78 is 1.64. The molecule has 1 aromatic carbocycles. The molecule has 4 rings (SSSR count). The molecule has 1 saturated heterocycles. The molecule has 4 atom stereocenters. The lowest BCUT2D eigenvalue weighted by Crippen LogP contribution is -2.51. The van der Waals surface area contributed by atoms with Gasteiger partial charge in [-0.15, -0.1) is 5.10 Å². The van der Waals surface area contributed by atoms with Crippen LogP contribution in [0.25, 0.3) is 0 Å². The van der Waals surface area contributed by atoms with Crippen molar-refractivity contribution in [3.05, 3.63) is 46.7 Å². The molecule has 2 amide bonds. The standard InChI is InChI=1S/C27H39ClN6O3/c1-27(2,3)24(34-16-22(30-31-34)18-6-7-18)26(37)33-15-21(35)12-23(33)25(36)29-13-19(14-32(4)5)17-8-10-20(28)11-9-17/h8-11,16,18-19,21,23-24,35H,6-7,12-15H2,1-5H3,(H,29,36)/t19?,21-,23+,24-/m1/s1. The van der Waals surface area contributed by atoms with Crippen LogP contribution >= 0.6 is 11.6 Å². The highest BCUT2D eigenvalue weighted by atomic mass is 35.5. The van der Waals surface area contributed by atoms with Crippen LogP contribution in [-0.2, 0) is 9.59 Å². The Balaban J connectivity index is 1.49. The molecule has 2 heterocycles. The van der Waals surface area contributed by atoms with E-state index < -0.39 is 23.6 Å². The molecule has 0 bridgehead atoms. The number of benzene rings is 1. The van der Waals surface area contributed by atoms with Crippen LogP contribution in [0.3, 0.4) is 0 Å².